The molecule has 0 radical (unpaired) electrons. The first-order valence-electron chi connectivity index (χ1n) is 9.41. The highest BCUT2D eigenvalue weighted by Crippen LogP contribution is 2.48. The van der Waals surface area contributed by atoms with Gasteiger partial charge in [-0.25, -0.2) is 13.8 Å². The quantitative estimate of drug-likeness (QED) is 0.646. The molecule has 3 rings (SSSR count). The second-order valence-electron chi connectivity index (χ2n) is 7.39. The van der Waals surface area contributed by atoms with Crippen molar-refractivity contribution in [3.8, 4) is 0 Å². The Kier molecular flexibility index (Phi) is 5.97. The van der Waals surface area contributed by atoms with Gasteiger partial charge in [0.05, 0.1) is 12.1 Å². The van der Waals surface area contributed by atoms with Crippen molar-refractivity contribution in [2.45, 2.75) is 37.3 Å². The summed E-state index contributed by atoms with van der Waals surface area (Å²) in [5, 5.41) is 21.4. The Morgan fingerprint density at radius 2 is 1.93 bits per heavy atom. The van der Waals surface area contributed by atoms with E-state index in [0.717, 1.165) is 23.4 Å². The third-order valence-corrected chi connectivity index (χ3v) is 5.98. The predicted octanol–water partition coefficient (Wildman–Crippen LogP) is 2.50. The van der Waals surface area contributed by atoms with E-state index in [0.29, 0.717) is 5.82 Å². The molecule has 5 atom stereocenters. The number of hydrogen-bond acceptors (Lipinski definition) is 5. The smallest absolute Gasteiger partial charge is 0.153 e. The molecule has 1 unspecified atom stereocenters. The number of aromatic nitrogens is 1. The lowest BCUT2D eigenvalue weighted by Crippen LogP contribution is -2.44. The molecular weight excluding hydrogens is 378 g/mol. The van der Waals surface area contributed by atoms with Crippen molar-refractivity contribution >= 4 is 18.2 Å². The van der Waals surface area contributed by atoms with Crippen LogP contribution in [0.25, 0.3) is 0 Å². The Morgan fingerprint density at radius 3 is 2.48 bits per heavy atom. The van der Waals surface area contributed by atoms with Crippen LogP contribution in [0, 0.1) is 11.7 Å². The standard InChI is InChI=1S/C21H26F2N4O2/c1-12(25-2)15-8-9-27(20(15)26-3)17-10-16(18(28)19(17)29)21(23,11-24)13-4-6-14(22)7-5-13/h4-9,16-19,28-29H,3,10-11,24H2,1-2H3/b25-12-/t16-,17+,18+,19-,21?/m0/s1. The summed E-state index contributed by atoms with van der Waals surface area (Å²) in [4.78, 5) is 8.21. The molecule has 1 aliphatic rings. The minimum Gasteiger partial charge on any atom is -0.390 e. The molecule has 1 heterocycles. The first kappa shape index (κ1) is 21.3. The number of aliphatic hydroxyl groups excluding tert-OH is 2. The van der Waals surface area contributed by atoms with Gasteiger partial charge < -0.3 is 20.5 Å². The van der Waals surface area contributed by atoms with Crippen LogP contribution in [0.4, 0.5) is 14.6 Å². The van der Waals surface area contributed by atoms with E-state index < -0.39 is 42.2 Å². The lowest BCUT2D eigenvalue weighted by molar-refractivity contribution is -0.0394. The fourth-order valence-electron chi connectivity index (χ4n) is 4.23. The molecule has 0 amide bonds. The molecule has 1 fully saturated rings. The van der Waals surface area contributed by atoms with Crippen LogP contribution >= 0.6 is 0 Å². The van der Waals surface area contributed by atoms with Gasteiger partial charge in [0.25, 0.3) is 0 Å². The van der Waals surface area contributed by atoms with Crippen LogP contribution in [0.1, 0.15) is 30.5 Å². The van der Waals surface area contributed by atoms with Gasteiger partial charge in [-0.1, -0.05) is 12.1 Å². The second kappa shape index (κ2) is 8.14. The number of hydrogen-bond donors (Lipinski definition) is 3. The molecule has 6 nitrogen and oxygen atoms in total. The second-order valence-corrected chi connectivity index (χ2v) is 7.39. The van der Waals surface area contributed by atoms with Gasteiger partial charge in [-0.3, -0.25) is 4.99 Å². The summed E-state index contributed by atoms with van der Waals surface area (Å²) in [6.45, 7) is 5.01. The largest absolute Gasteiger partial charge is 0.390 e. The topological polar surface area (TPSA) is 96.1 Å². The highest BCUT2D eigenvalue weighted by Gasteiger charge is 2.53. The SMILES string of the molecule is C=Nc1c(/C(C)=N\C)ccn1[C@@H]1C[C@H](C(F)(CN)c2ccc(F)cc2)[C@@H](O)[C@H]1O. The third-order valence-electron chi connectivity index (χ3n) is 5.98. The maximum absolute atomic E-state index is 16.0. The third kappa shape index (κ3) is 3.52. The van der Waals surface area contributed by atoms with E-state index in [4.69, 9.17) is 5.73 Å². The molecule has 29 heavy (non-hydrogen) atoms. The van der Waals surface area contributed by atoms with E-state index in [2.05, 4.69) is 16.7 Å². The lowest BCUT2D eigenvalue weighted by Gasteiger charge is -2.33. The van der Waals surface area contributed by atoms with Crippen LogP contribution in [0.3, 0.4) is 0 Å². The van der Waals surface area contributed by atoms with E-state index in [1.165, 1.54) is 12.1 Å². The molecule has 4 N–H and O–H groups in total. The average molecular weight is 404 g/mol. The monoisotopic (exact) mass is 404 g/mol. The van der Waals surface area contributed by atoms with Gasteiger partial charge in [0.2, 0.25) is 0 Å². The molecule has 0 spiro atoms. The van der Waals surface area contributed by atoms with Crippen molar-refractivity contribution in [2.24, 2.45) is 21.6 Å². The zero-order valence-corrected chi connectivity index (χ0v) is 16.5. The van der Waals surface area contributed by atoms with Crippen LogP contribution < -0.4 is 5.73 Å². The Hall–Kier alpha value is -2.42. The average Bonchev–Trinajstić information content (AvgIpc) is 3.28. The maximum atomic E-state index is 16.0. The van der Waals surface area contributed by atoms with Crippen LogP contribution in [-0.2, 0) is 5.67 Å². The number of nitrogens with zero attached hydrogens (tertiary/aromatic N) is 3. The summed E-state index contributed by atoms with van der Waals surface area (Å²) in [5.74, 6) is -0.987. The van der Waals surface area contributed by atoms with Gasteiger partial charge >= 0.3 is 0 Å². The highest BCUT2D eigenvalue weighted by atomic mass is 19.1. The number of halogens is 2. The lowest BCUT2D eigenvalue weighted by atomic mass is 9.80. The normalized spacial score (nSPS) is 27.1. The fourth-order valence-corrected chi connectivity index (χ4v) is 4.23. The maximum Gasteiger partial charge on any atom is 0.153 e. The number of aliphatic hydroxyl groups is 2. The first-order valence-corrected chi connectivity index (χ1v) is 9.41. The zero-order valence-electron chi connectivity index (χ0n) is 16.5. The van der Waals surface area contributed by atoms with Gasteiger partial charge in [0.15, 0.2) is 5.67 Å². The van der Waals surface area contributed by atoms with E-state index in [9.17, 15) is 14.6 Å². The fraction of sp³-hybridized carbons (Fsp3) is 0.429. The van der Waals surface area contributed by atoms with Gasteiger partial charge in [-0.15, -0.1) is 0 Å². The summed E-state index contributed by atoms with van der Waals surface area (Å²) in [7, 11) is 1.66. The molecular formula is C21H26F2N4O2. The van der Waals surface area contributed by atoms with Crippen molar-refractivity contribution in [3.63, 3.8) is 0 Å². The van der Waals surface area contributed by atoms with Crippen molar-refractivity contribution in [1.29, 1.82) is 0 Å². The molecule has 0 saturated heterocycles. The van der Waals surface area contributed by atoms with E-state index in [-0.39, 0.29) is 12.0 Å². The zero-order chi connectivity index (χ0) is 21.3. The molecule has 1 aliphatic carbocycles. The number of benzene rings is 1. The van der Waals surface area contributed by atoms with Crippen LogP contribution in [0.5, 0.6) is 0 Å². The summed E-state index contributed by atoms with van der Waals surface area (Å²) < 4.78 is 31.0. The number of aliphatic imine (C=N–C) groups is 2. The summed E-state index contributed by atoms with van der Waals surface area (Å²) in [6, 6.07) is 6.11. The molecule has 156 valence electrons. The van der Waals surface area contributed by atoms with Crippen LogP contribution in [0.15, 0.2) is 46.5 Å². The molecule has 1 saturated carbocycles. The minimum absolute atomic E-state index is 0.117. The number of nitrogens with two attached hydrogens (primary N) is 1. The van der Waals surface area contributed by atoms with Gasteiger partial charge in [0, 0.05) is 37.0 Å². The summed E-state index contributed by atoms with van der Waals surface area (Å²) in [5.41, 5.74) is 5.29. The van der Waals surface area contributed by atoms with Gasteiger partial charge in [-0.05, 0) is 43.8 Å². The summed E-state index contributed by atoms with van der Waals surface area (Å²) >= 11 is 0. The van der Waals surface area contributed by atoms with E-state index in [1.807, 2.05) is 6.92 Å². The number of rotatable bonds is 6. The molecule has 1 aromatic carbocycles. The molecule has 0 aliphatic heterocycles. The predicted molar refractivity (Wildman–Crippen MR) is 109 cm³/mol. The van der Waals surface area contributed by atoms with Crippen LogP contribution in [0.2, 0.25) is 0 Å². The molecule has 1 aromatic heterocycles. The van der Waals surface area contributed by atoms with Crippen molar-refractivity contribution in [1.82, 2.24) is 4.57 Å². The molecule has 0 bridgehead atoms. The first-order chi connectivity index (χ1) is 13.8. The van der Waals surface area contributed by atoms with Gasteiger partial charge in [0.1, 0.15) is 17.7 Å². The Morgan fingerprint density at radius 1 is 1.28 bits per heavy atom. The Labute approximate surface area is 168 Å². The molecule has 2 aromatic rings. The number of alkyl halides is 1. The molecule has 8 heteroatoms. The van der Waals surface area contributed by atoms with Crippen LogP contribution in [-0.4, -0.2) is 53.0 Å². The van der Waals surface area contributed by atoms with Crippen molar-refractivity contribution < 1.29 is 19.0 Å². The summed E-state index contributed by atoms with van der Waals surface area (Å²) in [6.07, 6.45) is -0.756. The Balaban J connectivity index is 1.99. The van der Waals surface area contributed by atoms with Crippen molar-refractivity contribution in [3.05, 3.63) is 53.5 Å². The Bertz CT molecular complexity index is 912. The van der Waals surface area contributed by atoms with E-state index in [1.54, 1.807) is 23.9 Å². The van der Waals surface area contributed by atoms with Crippen molar-refractivity contribution in [2.75, 3.05) is 13.6 Å². The van der Waals surface area contributed by atoms with Gasteiger partial charge in [-0.2, -0.15) is 0 Å². The minimum atomic E-state index is -2.12. The highest BCUT2D eigenvalue weighted by molar-refractivity contribution is 6.02. The van der Waals surface area contributed by atoms with E-state index >= 15 is 4.39 Å².